The van der Waals surface area contributed by atoms with E-state index >= 15 is 0 Å². The molecule has 3 nitrogen and oxygen atoms in total. The lowest BCUT2D eigenvalue weighted by molar-refractivity contribution is 0.469. The lowest BCUT2D eigenvalue weighted by Gasteiger charge is -2.22. The van der Waals surface area contributed by atoms with Crippen LogP contribution in [-0.4, -0.2) is 25.6 Å². The van der Waals surface area contributed by atoms with Gasteiger partial charge in [-0.3, -0.25) is 0 Å². The summed E-state index contributed by atoms with van der Waals surface area (Å²) in [7, 11) is -3.20. The highest BCUT2D eigenvalue weighted by molar-refractivity contribution is 7.90. The van der Waals surface area contributed by atoms with Crippen LogP contribution in [0.2, 0.25) is 0 Å². The Balaban J connectivity index is 2.51. The van der Waals surface area contributed by atoms with E-state index in [9.17, 15) is 8.42 Å². The molecule has 0 aliphatic heterocycles. The molecule has 15 heavy (non-hydrogen) atoms. The molecular formula is C10H20ClNO2S. The molecule has 0 unspecified atom stereocenters. The Kier molecular flexibility index (Phi) is 3.74. The van der Waals surface area contributed by atoms with Crippen LogP contribution in [0, 0.1) is 5.41 Å². The third-order valence-electron chi connectivity index (χ3n) is 3.03. The van der Waals surface area contributed by atoms with Gasteiger partial charge < -0.3 is 0 Å². The predicted molar refractivity (Wildman–Crippen MR) is 63.7 cm³/mol. The van der Waals surface area contributed by atoms with Gasteiger partial charge in [-0.2, -0.15) is 0 Å². The second-order valence-corrected chi connectivity index (χ2v) is 8.27. The van der Waals surface area contributed by atoms with E-state index in [0.717, 1.165) is 19.3 Å². The molecule has 1 aliphatic carbocycles. The first-order valence-corrected chi connectivity index (χ1v) is 7.29. The van der Waals surface area contributed by atoms with Crippen molar-refractivity contribution in [3.05, 3.63) is 0 Å². The van der Waals surface area contributed by atoms with Crippen LogP contribution in [0.25, 0.3) is 0 Å². The van der Waals surface area contributed by atoms with Gasteiger partial charge in [0.25, 0.3) is 0 Å². The minimum atomic E-state index is -3.20. The average Bonchev–Trinajstić information content (AvgIpc) is 2.81. The van der Waals surface area contributed by atoms with E-state index < -0.39 is 14.8 Å². The third kappa shape index (κ3) is 3.33. The van der Waals surface area contributed by atoms with Crippen LogP contribution in [0.1, 0.15) is 40.0 Å². The first-order chi connectivity index (χ1) is 6.72. The maximum Gasteiger partial charge on any atom is 0.216 e. The second-order valence-electron chi connectivity index (χ2n) is 5.38. The topological polar surface area (TPSA) is 46.2 Å². The Morgan fingerprint density at radius 1 is 1.33 bits per heavy atom. The molecule has 0 aromatic carbocycles. The third-order valence-corrected chi connectivity index (χ3v) is 5.35. The molecule has 0 spiro atoms. The van der Waals surface area contributed by atoms with Gasteiger partial charge in [-0.1, -0.05) is 0 Å². The summed E-state index contributed by atoms with van der Waals surface area (Å²) in [5.41, 5.74) is 0.153. The molecule has 1 fully saturated rings. The molecular weight excluding hydrogens is 234 g/mol. The highest BCUT2D eigenvalue weighted by atomic mass is 35.5. The van der Waals surface area contributed by atoms with Gasteiger partial charge in [-0.25, -0.2) is 13.1 Å². The molecule has 0 atom stereocenters. The zero-order valence-electron chi connectivity index (χ0n) is 9.64. The van der Waals surface area contributed by atoms with Crippen molar-refractivity contribution in [1.29, 1.82) is 0 Å². The Hall–Kier alpha value is 0.200. The molecule has 0 radical (unpaired) electrons. The van der Waals surface area contributed by atoms with Crippen molar-refractivity contribution in [2.24, 2.45) is 5.41 Å². The largest absolute Gasteiger partial charge is 0.216 e. The summed E-state index contributed by atoms with van der Waals surface area (Å²) in [5.74, 6) is 0.608. The minimum absolute atomic E-state index is 0.153. The van der Waals surface area contributed by atoms with E-state index in [4.69, 9.17) is 11.6 Å². The van der Waals surface area contributed by atoms with Crippen LogP contribution in [0.5, 0.6) is 0 Å². The smallest absolute Gasteiger partial charge is 0.214 e. The number of nitrogens with one attached hydrogen (secondary N) is 1. The highest BCUT2D eigenvalue weighted by Crippen LogP contribution is 2.48. The predicted octanol–water partition coefficient (Wildman–Crippen LogP) is 2.11. The van der Waals surface area contributed by atoms with E-state index in [-0.39, 0.29) is 5.41 Å². The molecule has 1 aliphatic rings. The molecule has 0 amide bonds. The Morgan fingerprint density at radius 3 is 2.20 bits per heavy atom. The molecule has 1 rings (SSSR count). The maximum atomic E-state index is 11.8. The fourth-order valence-electron chi connectivity index (χ4n) is 1.36. The van der Waals surface area contributed by atoms with E-state index in [2.05, 4.69) is 4.72 Å². The van der Waals surface area contributed by atoms with E-state index in [1.165, 1.54) is 0 Å². The van der Waals surface area contributed by atoms with Crippen molar-refractivity contribution in [3.63, 3.8) is 0 Å². The molecule has 0 aromatic heterocycles. The fourth-order valence-corrected chi connectivity index (χ4v) is 2.69. The molecule has 0 saturated heterocycles. The van der Waals surface area contributed by atoms with E-state index in [0.29, 0.717) is 12.4 Å². The SMILES string of the molecule is CC(C)(C)S(=O)(=O)NCC1(CCCl)CC1. The number of alkyl halides is 1. The lowest BCUT2D eigenvalue weighted by atomic mass is 10.1. The van der Waals surface area contributed by atoms with Crippen molar-refractivity contribution in [2.45, 2.75) is 44.8 Å². The summed E-state index contributed by atoms with van der Waals surface area (Å²) in [4.78, 5) is 0. The van der Waals surface area contributed by atoms with Crippen LogP contribution in [0.3, 0.4) is 0 Å². The minimum Gasteiger partial charge on any atom is -0.214 e. The molecule has 0 aromatic rings. The van der Waals surface area contributed by atoms with Crippen LogP contribution in [0.4, 0.5) is 0 Å². The number of halogens is 1. The summed E-state index contributed by atoms with van der Waals surface area (Å²) in [6, 6.07) is 0. The Bertz CT molecular complexity index is 315. The van der Waals surface area contributed by atoms with Gasteiger partial charge in [-0.15, -0.1) is 11.6 Å². The van der Waals surface area contributed by atoms with Gasteiger partial charge in [0.2, 0.25) is 10.0 Å². The maximum absolute atomic E-state index is 11.8. The number of rotatable bonds is 5. The van der Waals surface area contributed by atoms with Crippen LogP contribution < -0.4 is 4.72 Å². The van der Waals surface area contributed by atoms with Gasteiger partial charge in [-0.05, 0) is 45.4 Å². The van der Waals surface area contributed by atoms with Crippen molar-refractivity contribution in [1.82, 2.24) is 4.72 Å². The molecule has 0 heterocycles. The van der Waals surface area contributed by atoms with Gasteiger partial charge >= 0.3 is 0 Å². The first-order valence-electron chi connectivity index (χ1n) is 5.28. The van der Waals surface area contributed by atoms with Gasteiger partial charge in [0.15, 0.2) is 0 Å². The fraction of sp³-hybridized carbons (Fsp3) is 1.00. The summed E-state index contributed by atoms with van der Waals surface area (Å²) >= 11 is 5.69. The summed E-state index contributed by atoms with van der Waals surface area (Å²) in [6.07, 6.45) is 3.08. The number of hydrogen-bond acceptors (Lipinski definition) is 2. The van der Waals surface area contributed by atoms with Crippen molar-refractivity contribution >= 4 is 21.6 Å². The Morgan fingerprint density at radius 2 is 1.87 bits per heavy atom. The normalized spacial score (nSPS) is 20.3. The average molecular weight is 254 g/mol. The quantitative estimate of drug-likeness (QED) is 0.763. The summed E-state index contributed by atoms with van der Waals surface area (Å²) < 4.78 is 25.5. The van der Waals surface area contributed by atoms with Gasteiger partial charge in [0.1, 0.15) is 0 Å². The Labute approximate surface area is 97.6 Å². The second kappa shape index (κ2) is 4.22. The summed E-state index contributed by atoms with van der Waals surface area (Å²) in [5, 5.41) is 0. The van der Waals surface area contributed by atoms with Crippen molar-refractivity contribution in [2.75, 3.05) is 12.4 Å². The molecule has 5 heteroatoms. The van der Waals surface area contributed by atoms with Gasteiger partial charge in [0, 0.05) is 12.4 Å². The van der Waals surface area contributed by atoms with Gasteiger partial charge in [0.05, 0.1) is 4.75 Å². The molecule has 90 valence electrons. The highest BCUT2D eigenvalue weighted by Gasteiger charge is 2.43. The van der Waals surface area contributed by atoms with E-state index in [1.807, 2.05) is 0 Å². The standard InChI is InChI=1S/C10H20ClNO2S/c1-9(2,3)15(13,14)12-8-10(4-5-10)6-7-11/h12H,4-8H2,1-3H3. The number of sulfonamides is 1. The molecule has 1 N–H and O–H groups in total. The monoisotopic (exact) mass is 253 g/mol. The van der Waals surface area contributed by atoms with Crippen LogP contribution >= 0.6 is 11.6 Å². The van der Waals surface area contributed by atoms with Crippen LogP contribution in [-0.2, 0) is 10.0 Å². The van der Waals surface area contributed by atoms with Crippen molar-refractivity contribution < 1.29 is 8.42 Å². The molecule has 0 bridgehead atoms. The van der Waals surface area contributed by atoms with Crippen molar-refractivity contribution in [3.8, 4) is 0 Å². The lowest BCUT2D eigenvalue weighted by Crippen LogP contribution is -2.41. The number of hydrogen-bond donors (Lipinski definition) is 1. The molecule has 1 saturated carbocycles. The zero-order chi connectivity index (χ0) is 11.7. The van der Waals surface area contributed by atoms with E-state index in [1.54, 1.807) is 20.8 Å². The zero-order valence-corrected chi connectivity index (χ0v) is 11.2. The van der Waals surface area contributed by atoms with Crippen LogP contribution in [0.15, 0.2) is 0 Å². The summed E-state index contributed by atoms with van der Waals surface area (Å²) in [6.45, 7) is 5.66. The first kappa shape index (κ1) is 13.3.